The first-order valence-electron chi connectivity index (χ1n) is 10.6. The number of nitrogens with one attached hydrogen (secondary N) is 1. The van der Waals surface area contributed by atoms with E-state index < -0.39 is 11.6 Å². The number of nitrogens with zero attached hydrogens (tertiary/aromatic N) is 2. The van der Waals surface area contributed by atoms with E-state index in [1.807, 2.05) is 72.8 Å². The molecule has 2 heterocycles. The lowest BCUT2D eigenvalue weighted by Crippen LogP contribution is -2.45. The van der Waals surface area contributed by atoms with Crippen molar-refractivity contribution in [1.29, 1.82) is 0 Å². The number of rotatable bonds is 8. The van der Waals surface area contributed by atoms with Crippen molar-refractivity contribution in [2.24, 2.45) is 0 Å². The average molecular weight is 424 g/mol. The van der Waals surface area contributed by atoms with Gasteiger partial charge in [-0.2, -0.15) is 0 Å². The van der Waals surface area contributed by atoms with Crippen LogP contribution in [0.1, 0.15) is 34.7 Å². The second-order valence-corrected chi connectivity index (χ2v) is 7.65. The van der Waals surface area contributed by atoms with Crippen LogP contribution in [0.5, 0.6) is 0 Å². The van der Waals surface area contributed by atoms with Crippen molar-refractivity contribution in [3.8, 4) is 0 Å². The zero-order chi connectivity index (χ0) is 22.2. The van der Waals surface area contributed by atoms with Gasteiger partial charge >= 0.3 is 0 Å². The Kier molecular flexibility index (Phi) is 6.68. The molecule has 2 N–H and O–H groups in total. The highest BCUT2D eigenvalue weighted by Gasteiger charge is 2.42. The topological polar surface area (TPSA) is 75.1 Å². The molecule has 0 fully saturated rings. The summed E-state index contributed by atoms with van der Waals surface area (Å²) in [7, 11) is 0. The molecule has 2 aromatic carbocycles. The van der Waals surface area contributed by atoms with Gasteiger partial charge in [0.15, 0.2) is 0 Å². The van der Waals surface area contributed by atoms with Crippen LogP contribution in [0.2, 0.25) is 0 Å². The molecule has 32 heavy (non-hydrogen) atoms. The van der Waals surface area contributed by atoms with Gasteiger partial charge < -0.3 is 10.4 Å². The lowest BCUT2D eigenvalue weighted by atomic mass is 9.78. The van der Waals surface area contributed by atoms with Gasteiger partial charge in [-0.05, 0) is 29.7 Å². The predicted molar refractivity (Wildman–Crippen MR) is 124 cm³/mol. The molecule has 0 spiro atoms. The number of hydrogen-bond donors (Lipinski definition) is 2. The minimum absolute atomic E-state index is 0.145. The van der Waals surface area contributed by atoms with E-state index in [0.29, 0.717) is 24.0 Å². The molecule has 0 aliphatic heterocycles. The van der Waals surface area contributed by atoms with Crippen LogP contribution in [0.3, 0.4) is 0 Å². The highest BCUT2D eigenvalue weighted by atomic mass is 16.3. The zero-order valence-corrected chi connectivity index (χ0v) is 17.6. The number of benzene rings is 2. The Morgan fingerprint density at radius 3 is 1.91 bits per heavy atom. The van der Waals surface area contributed by atoms with Gasteiger partial charge in [-0.3, -0.25) is 14.8 Å². The molecule has 0 bridgehead atoms. The predicted octanol–water partition coefficient (Wildman–Crippen LogP) is 4.20. The highest BCUT2D eigenvalue weighted by molar-refractivity contribution is 5.77. The summed E-state index contributed by atoms with van der Waals surface area (Å²) in [5.41, 5.74) is 1.46. The molecule has 2 aromatic heterocycles. The summed E-state index contributed by atoms with van der Waals surface area (Å²) in [6.07, 6.45) is 7.49. The minimum Gasteiger partial charge on any atom is -0.378 e. The van der Waals surface area contributed by atoms with Crippen molar-refractivity contribution < 1.29 is 9.90 Å². The first kappa shape index (κ1) is 21.4. The Morgan fingerprint density at radius 1 is 0.812 bits per heavy atom. The van der Waals surface area contributed by atoms with E-state index in [1.165, 1.54) is 0 Å². The Morgan fingerprint density at radius 2 is 1.38 bits per heavy atom. The van der Waals surface area contributed by atoms with Gasteiger partial charge in [0.25, 0.3) is 0 Å². The molecule has 1 unspecified atom stereocenters. The summed E-state index contributed by atoms with van der Waals surface area (Å²) in [4.78, 5) is 21.5. The summed E-state index contributed by atoms with van der Waals surface area (Å²) in [6.45, 7) is 0. The maximum atomic E-state index is 13.1. The summed E-state index contributed by atoms with van der Waals surface area (Å²) in [5, 5.41) is 15.3. The van der Waals surface area contributed by atoms with Gasteiger partial charge in [0, 0.05) is 42.3 Å². The average Bonchev–Trinajstić information content (AvgIpc) is 2.88. The number of amides is 1. The first-order chi connectivity index (χ1) is 15.7. The van der Waals surface area contributed by atoms with Crippen molar-refractivity contribution in [3.05, 3.63) is 132 Å². The molecule has 4 rings (SSSR count). The van der Waals surface area contributed by atoms with Crippen molar-refractivity contribution in [3.63, 3.8) is 0 Å². The zero-order valence-electron chi connectivity index (χ0n) is 17.6. The Bertz CT molecular complexity index is 1080. The van der Waals surface area contributed by atoms with E-state index >= 15 is 0 Å². The number of aryl methyl sites for hydroxylation is 1. The molecule has 0 aliphatic carbocycles. The maximum absolute atomic E-state index is 13.1. The first-order valence-corrected chi connectivity index (χ1v) is 10.6. The molecule has 4 aromatic rings. The van der Waals surface area contributed by atoms with Crippen LogP contribution in [0.15, 0.2) is 110 Å². The standard InChI is InChI=1S/C27H25N3O2/c31-25(16-15-21-9-3-1-4-10-21)30-26(22-11-5-2-6-12-22)27(32,23-13-7-17-28-19-23)24-14-8-18-29-20-24/h1-14,17-20,26,32H,15-16H2,(H,30,31). The molecular formula is C27H25N3O2. The van der Waals surface area contributed by atoms with Crippen molar-refractivity contribution in [1.82, 2.24) is 15.3 Å². The summed E-state index contributed by atoms with van der Waals surface area (Å²) < 4.78 is 0. The number of pyridine rings is 2. The van der Waals surface area contributed by atoms with E-state index in [4.69, 9.17) is 0 Å². The summed E-state index contributed by atoms with van der Waals surface area (Å²) in [5.74, 6) is -0.145. The van der Waals surface area contributed by atoms with Gasteiger partial charge in [-0.1, -0.05) is 72.8 Å². The molecule has 5 nitrogen and oxygen atoms in total. The minimum atomic E-state index is -1.56. The smallest absolute Gasteiger partial charge is 0.220 e. The van der Waals surface area contributed by atoms with Crippen LogP contribution >= 0.6 is 0 Å². The third-order valence-corrected chi connectivity index (χ3v) is 5.54. The molecular weight excluding hydrogens is 398 g/mol. The van der Waals surface area contributed by atoms with Crippen LogP contribution in [-0.2, 0) is 16.8 Å². The van der Waals surface area contributed by atoms with Gasteiger partial charge in [-0.25, -0.2) is 0 Å². The second-order valence-electron chi connectivity index (χ2n) is 7.65. The fourth-order valence-corrected chi connectivity index (χ4v) is 3.89. The fraction of sp³-hybridized carbons (Fsp3) is 0.148. The quantitative estimate of drug-likeness (QED) is 0.445. The molecule has 0 saturated heterocycles. The molecule has 1 amide bonds. The summed E-state index contributed by atoms with van der Waals surface area (Å²) in [6, 6.07) is 25.8. The molecule has 1 atom stereocenters. The fourth-order valence-electron chi connectivity index (χ4n) is 3.89. The van der Waals surface area contributed by atoms with Crippen LogP contribution in [-0.4, -0.2) is 21.0 Å². The van der Waals surface area contributed by atoms with E-state index in [0.717, 1.165) is 11.1 Å². The number of hydrogen-bond acceptors (Lipinski definition) is 4. The lowest BCUT2D eigenvalue weighted by Gasteiger charge is -2.37. The van der Waals surface area contributed by atoms with E-state index in [9.17, 15) is 9.90 Å². The third-order valence-electron chi connectivity index (χ3n) is 5.54. The van der Waals surface area contributed by atoms with Crippen LogP contribution in [0.25, 0.3) is 0 Å². The van der Waals surface area contributed by atoms with Gasteiger partial charge in [0.2, 0.25) is 5.91 Å². The summed E-state index contributed by atoms with van der Waals surface area (Å²) >= 11 is 0. The number of aliphatic hydroxyl groups is 1. The Labute approximate surface area is 187 Å². The monoisotopic (exact) mass is 423 g/mol. The SMILES string of the molecule is O=C(CCc1ccccc1)NC(c1ccccc1)C(O)(c1cccnc1)c1cccnc1. The number of carbonyl (C=O) groups is 1. The number of carbonyl (C=O) groups excluding carboxylic acids is 1. The van der Waals surface area contributed by atoms with Gasteiger partial charge in [0.1, 0.15) is 5.60 Å². The van der Waals surface area contributed by atoms with Crippen molar-refractivity contribution >= 4 is 5.91 Å². The maximum Gasteiger partial charge on any atom is 0.220 e. The molecule has 0 aliphatic rings. The van der Waals surface area contributed by atoms with E-state index in [2.05, 4.69) is 15.3 Å². The van der Waals surface area contributed by atoms with Gasteiger partial charge in [0.05, 0.1) is 6.04 Å². The number of aromatic nitrogens is 2. The van der Waals surface area contributed by atoms with Crippen molar-refractivity contribution in [2.75, 3.05) is 0 Å². The molecule has 5 heteroatoms. The van der Waals surface area contributed by atoms with E-state index in [-0.39, 0.29) is 5.91 Å². The molecule has 0 radical (unpaired) electrons. The normalized spacial score (nSPS) is 12.2. The third kappa shape index (κ3) is 4.74. The molecule has 0 saturated carbocycles. The van der Waals surface area contributed by atoms with Crippen LogP contribution in [0, 0.1) is 0 Å². The largest absolute Gasteiger partial charge is 0.378 e. The van der Waals surface area contributed by atoms with Crippen LogP contribution < -0.4 is 5.32 Å². The van der Waals surface area contributed by atoms with Gasteiger partial charge in [-0.15, -0.1) is 0 Å². The van der Waals surface area contributed by atoms with E-state index in [1.54, 1.807) is 36.9 Å². The Hall–Kier alpha value is -3.83. The van der Waals surface area contributed by atoms with Crippen LogP contribution in [0.4, 0.5) is 0 Å². The highest BCUT2D eigenvalue weighted by Crippen LogP contribution is 2.40. The Balaban J connectivity index is 1.71. The van der Waals surface area contributed by atoms with Crippen molar-refractivity contribution in [2.45, 2.75) is 24.5 Å². The lowest BCUT2D eigenvalue weighted by molar-refractivity contribution is -0.123. The second kappa shape index (κ2) is 9.98. The molecule has 160 valence electrons.